The number of aromatic amines is 1. The number of benzene rings is 2. The average molecular weight is 465 g/mol. The molecule has 1 fully saturated rings. The molecule has 0 saturated carbocycles. The summed E-state index contributed by atoms with van der Waals surface area (Å²) in [7, 11) is 0. The van der Waals surface area contributed by atoms with Gasteiger partial charge in [-0.3, -0.25) is 14.4 Å². The Morgan fingerprint density at radius 3 is 2.50 bits per heavy atom. The number of ether oxygens (including phenoxy) is 1. The van der Waals surface area contributed by atoms with Crippen LogP contribution in [0.5, 0.6) is 5.75 Å². The Kier molecular flexibility index (Phi) is 5.48. The van der Waals surface area contributed by atoms with E-state index in [2.05, 4.69) is 4.98 Å². The summed E-state index contributed by atoms with van der Waals surface area (Å²) in [5.41, 5.74) is 1.52. The molecule has 1 N–H and O–H groups in total. The highest BCUT2D eigenvalue weighted by Gasteiger charge is 2.55. The fraction of sp³-hybridized carbons (Fsp3) is 0.208. The number of carbonyl (C=O) groups is 2. The first-order valence-corrected chi connectivity index (χ1v) is 12.0. The average Bonchev–Trinajstić information content (AvgIpc) is 3.29. The fourth-order valence-electron chi connectivity index (χ4n) is 4.16. The number of nitrogens with zero attached hydrogens (tertiary/aromatic N) is 1. The number of carbonyl (C=O) groups excluding carboxylic acids is 2. The third-order valence-electron chi connectivity index (χ3n) is 5.57. The van der Waals surface area contributed by atoms with Crippen LogP contribution < -0.4 is 14.5 Å². The minimum absolute atomic E-state index is 0.177. The van der Waals surface area contributed by atoms with Crippen LogP contribution in [0.3, 0.4) is 0 Å². The summed E-state index contributed by atoms with van der Waals surface area (Å²) in [5, 5.41) is 0.0934. The number of H-pyrrole nitrogens is 1. The lowest BCUT2D eigenvalue weighted by atomic mass is 9.88. The van der Waals surface area contributed by atoms with E-state index in [9.17, 15) is 14.4 Å². The predicted octanol–water partition coefficient (Wildman–Crippen LogP) is 4.30. The van der Waals surface area contributed by atoms with Gasteiger partial charge in [0, 0.05) is 10.8 Å². The number of thioether (sulfide) groups is 1. The van der Waals surface area contributed by atoms with Gasteiger partial charge in [0.25, 0.3) is 0 Å². The van der Waals surface area contributed by atoms with Crippen molar-refractivity contribution in [2.45, 2.75) is 23.1 Å². The van der Waals surface area contributed by atoms with Crippen molar-refractivity contribution in [2.75, 3.05) is 11.5 Å². The molecule has 2 aliphatic heterocycles. The van der Waals surface area contributed by atoms with Gasteiger partial charge in [0.05, 0.1) is 23.2 Å². The number of nitrogens with one attached hydrogen (secondary N) is 1. The molecule has 0 aliphatic carbocycles. The highest BCUT2D eigenvalue weighted by Crippen LogP contribution is 2.51. The third-order valence-corrected chi connectivity index (χ3v) is 7.99. The van der Waals surface area contributed by atoms with E-state index in [-0.39, 0.29) is 22.6 Å². The Labute approximate surface area is 192 Å². The Balaban J connectivity index is 1.52. The highest BCUT2D eigenvalue weighted by atomic mass is 32.2. The van der Waals surface area contributed by atoms with Gasteiger partial charge < -0.3 is 9.72 Å². The number of rotatable bonds is 5. The number of anilines is 1. The maximum atomic E-state index is 13.5. The lowest BCUT2D eigenvalue weighted by Crippen LogP contribution is -2.31. The number of thiazole rings is 1. The summed E-state index contributed by atoms with van der Waals surface area (Å²) >= 11 is 2.39. The standard InChI is InChI=1S/C24H20N2O4S2/c1-2-30-16-11-9-15(10-12-16)26-22(27)18-17(13-8-14-6-4-3-5-7-14)19-21(25-24(29)32-19)31-20(18)23(26)28/h3-13,17-18,20H,2H2,1H3,(H,25,29)/b13-8+/t17-,18-,20+/m0/s1. The molecule has 2 aromatic carbocycles. The summed E-state index contributed by atoms with van der Waals surface area (Å²) in [4.78, 5) is 43.7. The first kappa shape index (κ1) is 20.8. The molecule has 162 valence electrons. The fourth-order valence-corrected chi connectivity index (χ4v) is 6.64. The molecule has 6 nitrogen and oxygen atoms in total. The van der Waals surface area contributed by atoms with E-state index >= 15 is 0 Å². The molecule has 1 saturated heterocycles. The van der Waals surface area contributed by atoms with Gasteiger partial charge in [-0.15, -0.1) is 0 Å². The molecule has 0 radical (unpaired) electrons. The lowest BCUT2D eigenvalue weighted by Gasteiger charge is -2.27. The summed E-state index contributed by atoms with van der Waals surface area (Å²) < 4.78 is 5.47. The van der Waals surface area contributed by atoms with Crippen LogP contribution in [0.15, 0.2) is 70.5 Å². The zero-order chi connectivity index (χ0) is 22.2. The molecule has 0 bridgehead atoms. The molecule has 3 aromatic rings. The monoisotopic (exact) mass is 464 g/mol. The Hall–Kier alpha value is -3.10. The molecule has 1 aromatic heterocycles. The van der Waals surface area contributed by atoms with Crippen LogP contribution in [-0.2, 0) is 9.59 Å². The van der Waals surface area contributed by atoms with E-state index in [1.54, 1.807) is 24.3 Å². The smallest absolute Gasteiger partial charge is 0.305 e. The van der Waals surface area contributed by atoms with E-state index < -0.39 is 11.2 Å². The summed E-state index contributed by atoms with van der Waals surface area (Å²) in [6.07, 6.45) is 3.89. The zero-order valence-corrected chi connectivity index (χ0v) is 18.8. The van der Waals surface area contributed by atoms with Crippen LogP contribution in [0.4, 0.5) is 5.69 Å². The maximum Gasteiger partial charge on any atom is 0.305 e. The summed E-state index contributed by atoms with van der Waals surface area (Å²) in [6.45, 7) is 2.44. The van der Waals surface area contributed by atoms with Gasteiger partial charge in [0.2, 0.25) is 11.8 Å². The quantitative estimate of drug-likeness (QED) is 0.570. The molecule has 3 atom stereocenters. The molecular weight excluding hydrogens is 444 g/mol. The van der Waals surface area contributed by atoms with E-state index in [1.807, 2.05) is 49.4 Å². The Bertz CT molecular complexity index is 1250. The van der Waals surface area contributed by atoms with E-state index in [0.717, 1.165) is 21.8 Å². The Morgan fingerprint density at radius 1 is 1.03 bits per heavy atom. The first-order valence-electron chi connectivity index (χ1n) is 10.3. The van der Waals surface area contributed by atoms with E-state index in [1.165, 1.54) is 16.7 Å². The van der Waals surface area contributed by atoms with Gasteiger partial charge in [0.1, 0.15) is 11.0 Å². The third kappa shape index (κ3) is 3.59. The topological polar surface area (TPSA) is 79.5 Å². The van der Waals surface area contributed by atoms with Crippen LogP contribution in [0.25, 0.3) is 6.08 Å². The summed E-state index contributed by atoms with van der Waals surface area (Å²) in [5.74, 6) is -0.746. The molecule has 2 amide bonds. The second-order valence-corrected chi connectivity index (χ2v) is 9.67. The first-order chi connectivity index (χ1) is 15.6. The molecule has 0 spiro atoms. The zero-order valence-electron chi connectivity index (χ0n) is 17.2. The number of hydrogen-bond donors (Lipinski definition) is 1. The van der Waals surface area contributed by atoms with Gasteiger partial charge in [-0.2, -0.15) is 0 Å². The molecule has 0 unspecified atom stereocenters. The van der Waals surface area contributed by atoms with Gasteiger partial charge in [-0.1, -0.05) is 65.6 Å². The largest absolute Gasteiger partial charge is 0.494 e. The maximum absolute atomic E-state index is 13.5. The van der Waals surface area contributed by atoms with Crippen LogP contribution in [0.1, 0.15) is 23.3 Å². The van der Waals surface area contributed by atoms with E-state index in [0.29, 0.717) is 23.1 Å². The molecule has 3 heterocycles. The van der Waals surface area contributed by atoms with Crippen molar-refractivity contribution in [3.63, 3.8) is 0 Å². The minimum atomic E-state index is -0.586. The van der Waals surface area contributed by atoms with Crippen molar-refractivity contribution in [2.24, 2.45) is 5.92 Å². The number of aromatic nitrogens is 1. The number of hydrogen-bond acceptors (Lipinski definition) is 6. The van der Waals surface area contributed by atoms with E-state index in [4.69, 9.17) is 4.74 Å². The second kappa shape index (κ2) is 8.44. The minimum Gasteiger partial charge on any atom is -0.494 e. The Morgan fingerprint density at radius 2 is 1.78 bits per heavy atom. The van der Waals surface area contributed by atoms with Gasteiger partial charge in [0.15, 0.2) is 0 Å². The number of imide groups is 1. The number of fused-ring (bicyclic) bond motifs is 2. The highest BCUT2D eigenvalue weighted by molar-refractivity contribution is 8.00. The van der Waals surface area contributed by atoms with Crippen molar-refractivity contribution >= 4 is 46.7 Å². The van der Waals surface area contributed by atoms with Crippen molar-refractivity contribution in [3.05, 3.63) is 80.8 Å². The van der Waals surface area contributed by atoms with Crippen LogP contribution in [-0.4, -0.2) is 28.7 Å². The van der Waals surface area contributed by atoms with Crippen molar-refractivity contribution in [1.82, 2.24) is 4.98 Å². The lowest BCUT2D eigenvalue weighted by molar-refractivity contribution is -0.122. The van der Waals surface area contributed by atoms with Crippen LogP contribution >= 0.6 is 23.1 Å². The van der Waals surface area contributed by atoms with Crippen molar-refractivity contribution in [1.29, 1.82) is 0 Å². The predicted molar refractivity (Wildman–Crippen MR) is 126 cm³/mol. The summed E-state index contributed by atoms with van der Waals surface area (Å²) in [6, 6.07) is 16.7. The molecule has 2 aliphatic rings. The number of allylic oxidation sites excluding steroid dienone is 1. The number of amides is 2. The van der Waals surface area contributed by atoms with Gasteiger partial charge in [-0.25, -0.2) is 4.90 Å². The second-order valence-electron chi connectivity index (χ2n) is 7.51. The van der Waals surface area contributed by atoms with Gasteiger partial charge >= 0.3 is 4.87 Å². The van der Waals surface area contributed by atoms with Crippen molar-refractivity contribution < 1.29 is 14.3 Å². The molecule has 5 rings (SSSR count). The van der Waals surface area contributed by atoms with Crippen LogP contribution in [0, 0.1) is 5.92 Å². The van der Waals surface area contributed by atoms with Crippen molar-refractivity contribution in [3.8, 4) is 5.75 Å². The molecular formula is C24H20N2O4S2. The SMILES string of the molecule is CCOc1ccc(N2C(=O)[C@H]3[C@H](/C=C/c4ccccc4)c4sc(=O)[nH]c4S[C@H]3C2=O)cc1. The molecule has 8 heteroatoms. The van der Waals surface area contributed by atoms with Gasteiger partial charge in [-0.05, 0) is 36.8 Å². The normalized spacial score (nSPS) is 22.3. The van der Waals surface area contributed by atoms with Crippen LogP contribution in [0.2, 0.25) is 0 Å². The molecule has 32 heavy (non-hydrogen) atoms.